The minimum absolute atomic E-state index is 0.0479. The van der Waals surface area contributed by atoms with Gasteiger partial charge in [0.05, 0.1) is 25.2 Å². The van der Waals surface area contributed by atoms with Gasteiger partial charge in [0.15, 0.2) is 6.67 Å². The normalized spacial score (nSPS) is 14.3. The summed E-state index contributed by atoms with van der Waals surface area (Å²) in [6.45, 7) is 4.26. The van der Waals surface area contributed by atoms with Gasteiger partial charge in [-0.2, -0.15) is 0 Å². The van der Waals surface area contributed by atoms with E-state index in [0.717, 1.165) is 6.29 Å². The van der Waals surface area contributed by atoms with Crippen LogP contribution in [0.5, 0.6) is 5.75 Å². The SMILES string of the molecule is CC.CC(C(N)=O)C(=O)NCC(F)(F)CF.C[C@@H]1CC(=O)N(CCOC(=O)NCCNC(=O)CCCC=O)c2cc(F)ccc2O1. The third-order valence-corrected chi connectivity index (χ3v) is 5.83. The molecule has 0 bridgehead atoms. The van der Waals surface area contributed by atoms with Gasteiger partial charge in [0, 0.05) is 32.0 Å². The quantitative estimate of drug-likeness (QED) is 0.0952. The molecule has 260 valence electrons. The first-order chi connectivity index (χ1) is 21.7. The molecule has 13 nitrogen and oxygen atoms in total. The number of alkyl carbamates (subject to hydrolysis) is 1. The molecule has 0 fully saturated rings. The van der Waals surface area contributed by atoms with Crippen LogP contribution in [0.2, 0.25) is 0 Å². The summed E-state index contributed by atoms with van der Waals surface area (Å²) in [6.07, 6.45) is 0.886. The lowest BCUT2D eigenvalue weighted by Gasteiger charge is -2.21. The zero-order chi connectivity index (χ0) is 35.3. The van der Waals surface area contributed by atoms with Gasteiger partial charge in [-0.05, 0) is 32.4 Å². The number of carbonyl (C=O) groups is 6. The van der Waals surface area contributed by atoms with E-state index < -0.39 is 48.8 Å². The van der Waals surface area contributed by atoms with Crippen LogP contribution in [-0.2, 0) is 28.7 Å². The van der Waals surface area contributed by atoms with Crippen LogP contribution in [0.3, 0.4) is 0 Å². The molecule has 0 saturated heterocycles. The van der Waals surface area contributed by atoms with Crippen LogP contribution in [0.25, 0.3) is 0 Å². The highest BCUT2D eigenvalue weighted by Gasteiger charge is 2.31. The highest BCUT2D eigenvalue weighted by molar-refractivity contribution is 5.99. The van der Waals surface area contributed by atoms with Crippen molar-refractivity contribution in [2.24, 2.45) is 11.7 Å². The predicted molar refractivity (Wildman–Crippen MR) is 159 cm³/mol. The number of benzene rings is 1. The third-order valence-electron chi connectivity index (χ3n) is 5.83. The lowest BCUT2D eigenvalue weighted by atomic mass is 10.1. The zero-order valence-electron chi connectivity index (χ0n) is 26.3. The van der Waals surface area contributed by atoms with Crippen molar-refractivity contribution in [3.05, 3.63) is 24.0 Å². The smallest absolute Gasteiger partial charge is 0.407 e. The fourth-order valence-corrected chi connectivity index (χ4v) is 3.42. The maximum Gasteiger partial charge on any atom is 0.407 e. The number of alkyl halides is 3. The Morgan fingerprint density at radius 2 is 1.83 bits per heavy atom. The second-order valence-electron chi connectivity index (χ2n) is 9.59. The summed E-state index contributed by atoms with van der Waals surface area (Å²) in [5.41, 5.74) is 5.04. The number of nitrogens with zero attached hydrogens (tertiary/aromatic N) is 1. The second kappa shape index (κ2) is 22.1. The fraction of sp³-hybridized carbons (Fsp3) is 0.586. The Balaban J connectivity index is 0.00000106. The van der Waals surface area contributed by atoms with Gasteiger partial charge < -0.3 is 40.9 Å². The van der Waals surface area contributed by atoms with Crippen molar-refractivity contribution in [2.45, 2.75) is 65.4 Å². The number of hydrogen-bond donors (Lipinski definition) is 4. The number of unbranched alkanes of at least 4 members (excludes halogenated alkanes) is 1. The Labute approximate surface area is 264 Å². The topological polar surface area (TPSA) is 186 Å². The van der Waals surface area contributed by atoms with Crippen molar-refractivity contribution in [2.75, 3.05) is 44.4 Å². The molecule has 0 radical (unpaired) electrons. The lowest BCUT2D eigenvalue weighted by Crippen LogP contribution is -2.43. The lowest BCUT2D eigenvalue weighted by molar-refractivity contribution is -0.134. The molecular formula is C29H43F4N5O8. The van der Waals surface area contributed by atoms with Gasteiger partial charge in [-0.15, -0.1) is 0 Å². The number of amides is 5. The Morgan fingerprint density at radius 1 is 1.17 bits per heavy atom. The van der Waals surface area contributed by atoms with Gasteiger partial charge in [-0.25, -0.2) is 22.4 Å². The number of nitrogens with two attached hydrogens (primary N) is 1. The number of anilines is 1. The molecule has 2 rings (SSSR count). The molecule has 2 atom stereocenters. The molecule has 1 heterocycles. The van der Waals surface area contributed by atoms with E-state index in [2.05, 4.69) is 10.6 Å². The maximum atomic E-state index is 13.7. The average Bonchev–Trinajstić information content (AvgIpc) is 3.13. The molecule has 1 aromatic rings. The highest BCUT2D eigenvalue weighted by atomic mass is 19.3. The largest absolute Gasteiger partial charge is 0.488 e. The van der Waals surface area contributed by atoms with Crippen LogP contribution >= 0.6 is 0 Å². The molecule has 0 saturated carbocycles. The number of hydrogen-bond acceptors (Lipinski definition) is 8. The molecule has 0 aromatic heterocycles. The van der Waals surface area contributed by atoms with E-state index in [1.807, 2.05) is 13.8 Å². The average molecular weight is 666 g/mol. The van der Waals surface area contributed by atoms with E-state index in [1.54, 1.807) is 12.2 Å². The van der Waals surface area contributed by atoms with Gasteiger partial charge in [-0.1, -0.05) is 13.8 Å². The summed E-state index contributed by atoms with van der Waals surface area (Å²) in [6, 6.07) is 3.93. The monoisotopic (exact) mass is 665 g/mol. The van der Waals surface area contributed by atoms with Crippen LogP contribution in [0.4, 0.5) is 28.0 Å². The number of fused-ring (bicyclic) bond motifs is 1. The predicted octanol–water partition coefficient (Wildman–Crippen LogP) is 2.40. The van der Waals surface area contributed by atoms with Crippen LogP contribution in [0.1, 0.15) is 53.4 Å². The molecule has 5 amide bonds. The molecule has 5 N–H and O–H groups in total. The number of ether oxygens (including phenoxy) is 2. The maximum absolute atomic E-state index is 13.7. The van der Waals surface area contributed by atoms with Gasteiger partial charge in [0.1, 0.15) is 36.5 Å². The Bertz CT molecular complexity index is 1160. The summed E-state index contributed by atoms with van der Waals surface area (Å²) in [4.78, 5) is 68.5. The Kier molecular flexibility index (Phi) is 20.0. The summed E-state index contributed by atoms with van der Waals surface area (Å²) in [7, 11) is 0. The number of aldehydes is 1. The van der Waals surface area contributed by atoms with Crippen molar-refractivity contribution in [3.63, 3.8) is 0 Å². The van der Waals surface area contributed by atoms with Crippen LogP contribution in [0, 0.1) is 11.7 Å². The van der Waals surface area contributed by atoms with E-state index in [4.69, 9.17) is 15.2 Å². The summed E-state index contributed by atoms with van der Waals surface area (Å²) in [5.74, 6) is -7.24. The Morgan fingerprint density at radius 3 is 2.43 bits per heavy atom. The van der Waals surface area contributed by atoms with E-state index in [0.29, 0.717) is 24.3 Å². The summed E-state index contributed by atoms with van der Waals surface area (Å²) < 4.78 is 60.5. The van der Waals surface area contributed by atoms with Gasteiger partial charge in [0.2, 0.25) is 23.6 Å². The van der Waals surface area contributed by atoms with E-state index in [-0.39, 0.29) is 57.0 Å². The molecular weight excluding hydrogens is 622 g/mol. The van der Waals surface area contributed by atoms with E-state index in [9.17, 15) is 46.3 Å². The van der Waals surface area contributed by atoms with E-state index in [1.165, 1.54) is 30.0 Å². The second-order valence-corrected chi connectivity index (χ2v) is 9.59. The van der Waals surface area contributed by atoms with Crippen molar-refractivity contribution < 1.29 is 55.8 Å². The number of carbonyl (C=O) groups excluding carboxylic acids is 6. The third kappa shape index (κ3) is 16.6. The zero-order valence-corrected chi connectivity index (χ0v) is 26.3. The number of halogens is 4. The van der Waals surface area contributed by atoms with Crippen molar-refractivity contribution in [1.29, 1.82) is 0 Å². The van der Waals surface area contributed by atoms with Gasteiger partial charge >= 0.3 is 6.09 Å². The highest BCUT2D eigenvalue weighted by Crippen LogP contribution is 2.33. The van der Waals surface area contributed by atoms with Gasteiger partial charge in [-0.3, -0.25) is 19.2 Å². The molecule has 1 unspecified atom stereocenters. The molecule has 17 heteroatoms. The Hall–Kier alpha value is -4.44. The van der Waals surface area contributed by atoms with Crippen LogP contribution in [-0.4, -0.2) is 87.5 Å². The van der Waals surface area contributed by atoms with Crippen LogP contribution in [0.15, 0.2) is 18.2 Å². The molecule has 1 aliphatic rings. The molecule has 46 heavy (non-hydrogen) atoms. The molecule has 0 aliphatic carbocycles. The first-order valence-electron chi connectivity index (χ1n) is 14.6. The number of nitrogens with one attached hydrogen (secondary N) is 3. The summed E-state index contributed by atoms with van der Waals surface area (Å²) >= 11 is 0. The summed E-state index contributed by atoms with van der Waals surface area (Å²) in [5, 5.41) is 6.82. The van der Waals surface area contributed by atoms with Gasteiger partial charge in [0.25, 0.3) is 5.92 Å². The minimum Gasteiger partial charge on any atom is -0.488 e. The van der Waals surface area contributed by atoms with E-state index >= 15 is 0 Å². The number of rotatable bonds is 15. The molecule has 0 spiro atoms. The standard InChI is InChI=1S/C20H26FN3O6.C7H11F3N2O2.C2H6/c1-14-12-19(27)24(16-13-15(21)5-6-17(16)30-14)9-11-29-20(28)23-8-7-22-18(26)4-2-3-10-25;1-4(5(11)13)6(14)12-3-7(9,10)2-8;1-2/h5-6,10,13-14H,2-4,7-9,11-12H2,1H3,(H,22,26)(H,23,28);4H,2-3H2,1H3,(H2,11,13)(H,12,14);1-2H3/t14-;;/m1../s1. The molecule has 1 aromatic carbocycles. The van der Waals surface area contributed by atoms with Crippen molar-refractivity contribution in [1.82, 2.24) is 16.0 Å². The first-order valence-corrected chi connectivity index (χ1v) is 14.6. The minimum atomic E-state index is -3.60. The van der Waals surface area contributed by atoms with Crippen LogP contribution < -0.4 is 31.3 Å². The van der Waals surface area contributed by atoms with Crippen molar-refractivity contribution >= 4 is 41.7 Å². The first kappa shape index (κ1) is 41.6. The van der Waals surface area contributed by atoms with Crippen molar-refractivity contribution in [3.8, 4) is 5.75 Å². The fourth-order valence-electron chi connectivity index (χ4n) is 3.42. The molecule has 1 aliphatic heterocycles. The number of primary amides is 1.